The second-order valence-electron chi connectivity index (χ2n) is 19.3. The number of fused-ring (bicyclic) bond motifs is 17. The molecule has 0 N–H and O–H groups in total. The van der Waals surface area contributed by atoms with E-state index in [0.717, 1.165) is 88.4 Å². The van der Waals surface area contributed by atoms with Gasteiger partial charge >= 0.3 is 0 Å². The van der Waals surface area contributed by atoms with Crippen molar-refractivity contribution in [3.05, 3.63) is 243 Å². The van der Waals surface area contributed by atoms with Crippen molar-refractivity contribution in [2.24, 2.45) is 0 Å². The number of hydrogen-bond donors (Lipinski definition) is 0. The van der Waals surface area contributed by atoms with Crippen molar-refractivity contribution in [1.29, 1.82) is 0 Å². The van der Waals surface area contributed by atoms with Gasteiger partial charge in [-0.1, -0.05) is 170 Å². The van der Waals surface area contributed by atoms with E-state index in [-0.39, 0.29) is 0 Å². The van der Waals surface area contributed by atoms with E-state index in [2.05, 4.69) is 222 Å². The van der Waals surface area contributed by atoms with Gasteiger partial charge in [-0.05, 0) is 121 Å². The lowest BCUT2D eigenvalue weighted by atomic mass is 9.93. The first-order valence-corrected chi connectivity index (χ1v) is 25.9. The summed E-state index contributed by atoms with van der Waals surface area (Å²) in [5.41, 5.74) is 12.4. The highest BCUT2D eigenvalue weighted by molar-refractivity contribution is 7.26. The summed E-state index contributed by atoms with van der Waals surface area (Å²) in [7, 11) is 0. The number of aromatic nitrogens is 3. The van der Waals surface area contributed by atoms with Gasteiger partial charge in [-0.3, -0.25) is 4.57 Å². The smallest absolute Gasteiger partial charge is 0.235 e. The van der Waals surface area contributed by atoms with Crippen molar-refractivity contribution >= 4 is 136 Å². The molecule has 0 saturated heterocycles. The molecule has 0 atom stereocenters. The van der Waals surface area contributed by atoms with Gasteiger partial charge in [0.15, 0.2) is 5.58 Å². The van der Waals surface area contributed by atoms with E-state index in [1.54, 1.807) is 0 Å². The zero-order valence-corrected chi connectivity index (χ0v) is 40.5. The van der Waals surface area contributed by atoms with Crippen LogP contribution in [-0.4, -0.2) is 14.5 Å². The van der Waals surface area contributed by atoms with Crippen LogP contribution < -0.4 is 4.90 Å². The van der Waals surface area contributed by atoms with Gasteiger partial charge in [0.25, 0.3) is 0 Å². The van der Waals surface area contributed by atoms with Crippen LogP contribution in [0.2, 0.25) is 0 Å². The van der Waals surface area contributed by atoms with Crippen LogP contribution in [0.25, 0.3) is 135 Å². The van der Waals surface area contributed by atoms with Gasteiger partial charge in [0.1, 0.15) is 5.58 Å². The lowest BCUT2D eigenvalue weighted by Crippen LogP contribution is -2.10. The topological polar surface area (TPSA) is 47.1 Å². The highest BCUT2D eigenvalue weighted by Crippen LogP contribution is 2.48. The van der Waals surface area contributed by atoms with Crippen LogP contribution in [-0.2, 0) is 0 Å². The molecule has 5 nitrogen and oxygen atoms in total. The number of rotatable bonds is 6. The first-order chi connectivity index (χ1) is 36.7. The van der Waals surface area contributed by atoms with Gasteiger partial charge in [0.2, 0.25) is 5.95 Å². The molecule has 6 heteroatoms. The Balaban J connectivity index is 0.883. The van der Waals surface area contributed by atoms with Gasteiger partial charge in [-0.2, -0.15) is 0 Å². The molecule has 0 aliphatic carbocycles. The summed E-state index contributed by atoms with van der Waals surface area (Å²) in [6.07, 6.45) is 1.95. The third-order valence-electron chi connectivity index (χ3n) is 15.2. The van der Waals surface area contributed by atoms with E-state index in [1.165, 1.54) is 58.1 Å². The first kappa shape index (κ1) is 41.0. The summed E-state index contributed by atoms with van der Waals surface area (Å²) < 4.78 is 11.5. The predicted octanol–water partition coefficient (Wildman–Crippen LogP) is 19.3. The largest absolute Gasteiger partial charge is 0.454 e. The number of benzene rings is 12. The maximum absolute atomic E-state index is 6.69. The SMILES string of the molecule is c1ccc(-c2cccc(N(c3ccc(-c4ccc5c(c4)c4ccc6c7cc8c9ccccc9c9ccccc9c8cc7sc6c4n5-c4ncc5ccccc5n4)cc3)c3cccc4c3oc3ccccc34)c2)cc1. The Hall–Kier alpha value is -9.62. The van der Waals surface area contributed by atoms with E-state index >= 15 is 0 Å². The molecule has 0 fully saturated rings. The third kappa shape index (κ3) is 6.16. The second-order valence-corrected chi connectivity index (χ2v) is 20.3. The molecule has 16 aromatic rings. The van der Waals surface area contributed by atoms with Crippen LogP contribution in [0.3, 0.4) is 0 Å². The number of para-hydroxylation sites is 3. The zero-order valence-electron chi connectivity index (χ0n) is 39.7. The molecule has 0 saturated carbocycles. The van der Waals surface area contributed by atoms with Gasteiger partial charge in [0.05, 0.1) is 26.9 Å². The normalized spacial score (nSPS) is 12.1. The van der Waals surface area contributed by atoms with E-state index in [0.29, 0.717) is 5.95 Å². The quantitative estimate of drug-likeness (QED) is 0.156. The third-order valence-corrected chi connectivity index (χ3v) is 16.4. The molecule has 0 aliphatic rings. The van der Waals surface area contributed by atoms with E-state index in [9.17, 15) is 0 Å². The van der Waals surface area contributed by atoms with Gasteiger partial charge < -0.3 is 9.32 Å². The molecular weight excluding hydrogens is 921 g/mol. The summed E-state index contributed by atoms with van der Waals surface area (Å²) >= 11 is 1.86. The summed E-state index contributed by atoms with van der Waals surface area (Å²) in [5.74, 6) is 0.656. The molecule has 0 bridgehead atoms. The fourth-order valence-corrected chi connectivity index (χ4v) is 13.0. The Bertz CT molecular complexity index is 4970. The standard InChI is InChI=1S/C68H40N4OS/c1-2-14-41(15-3-1)43-17-12-18-47(36-43)71(62-26-13-24-54-52-23-9-11-27-63(52)73-66(54)62)46-31-28-42(29-32-46)44-30-35-61-58(37-44)53-33-34-55-59-38-56-50-21-7-5-19-48(50)49-20-6-8-22-51(49)57(56)39-64(59)74-67(55)65(53)72(61)68-69-40-45-16-4-10-25-60(45)70-68/h1-40H. The van der Waals surface area contributed by atoms with Crippen LogP contribution in [0.5, 0.6) is 0 Å². The summed E-state index contributed by atoms with van der Waals surface area (Å²) in [6.45, 7) is 0. The summed E-state index contributed by atoms with van der Waals surface area (Å²) in [6, 6.07) is 85.3. The Kier molecular flexibility index (Phi) is 8.84. The lowest BCUT2D eigenvalue weighted by Gasteiger charge is -2.26. The Morgan fingerprint density at radius 1 is 0.405 bits per heavy atom. The van der Waals surface area contributed by atoms with Gasteiger partial charge in [0, 0.05) is 60.0 Å². The molecule has 4 heterocycles. The average Bonchev–Trinajstić information content (AvgIpc) is 4.17. The molecule has 16 rings (SSSR count). The van der Waals surface area contributed by atoms with Crippen molar-refractivity contribution in [3.63, 3.8) is 0 Å². The highest BCUT2D eigenvalue weighted by Gasteiger charge is 2.23. The van der Waals surface area contributed by atoms with E-state index in [1.807, 2.05) is 41.8 Å². The maximum Gasteiger partial charge on any atom is 0.235 e. The number of anilines is 3. The van der Waals surface area contributed by atoms with Crippen molar-refractivity contribution in [2.75, 3.05) is 4.90 Å². The van der Waals surface area contributed by atoms with Crippen molar-refractivity contribution in [1.82, 2.24) is 14.5 Å². The first-order valence-electron chi connectivity index (χ1n) is 25.0. The second kappa shape index (κ2) is 15.9. The Morgan fingerprint density at radius 2 is 1.04 bits per heavy atom. The fourth-order valence-electron chi connectivity index (χ4n) is 11.8. The van der Waals surface area contributed by atoms with E-state index in [4.69, 9.17) is 14.4 Å². The molecule has 0 amide bonds. The molecule has 0 aliphatic heterocycles. The van der Waals surface area contributed by atoms with Crippen LogP contribution in [0.1, 0.15) is 0 Å². The van der Waals surface area contributed by atoms with Crippen molar-refractivity contribution in [3.8, 4) is 28.2 Å². The number of furan rings is 1. The Labute approximate surface area is 428 Å². The monoisotopic (exact) mass is 960 g/mol. The minimum absolute atomic E-state index is 0.656. The Morgan fingerprint density at radius 3 is 1.86 bits per heavy atom. The van der Waals surface area contributed by atoms with Crippen LogP contribution in [0, 0.1) is 0 Å². The fraction of sp³-hybridized carbons (Fsp3) is 0. The minimum Gasteiger partial charge on any atom is -0.454 e. The highest BCUT2D eigenvalue weighted by atomic mass is 32.1. The van der Waals surface area contributed by atoms with Crippen LogP contribution >= 0.6 is 11.3 Å². The van der Waals surface area contributed by atoms with Crippen LogP contribution in [0.15, 0.2) is 247 Å². The van der Waals surface area contributed by atoms with E-state index < -0.39 is 0 Å². The molecule has 0 radical (unpaired) electrons. The lowest BCUT2D eigenvalue weighted by molar-refractivity contribution is 0.669. The zero-order chi connectivity index (χ0) is 48.4. The molecular formula is C68H40N4OS. The summed E-state index contributed by atoms with van der Waals surface area (Å²) in [4.78, 5) is 12.7. The summed E-state index contributed by atoms with van der Waals surface area (Å²) in [5, 5.41) is 15.7. The molecule has 4 aromatic heterocycles. The van der Waals surface area contributed by atoms with Gasteiger partial charge in [-0.15, -0.1) is 11.3 Å². The average molecular weight is 961 g/mol. The minimum atomic E-state index is 0.656. The van der Waals surface area contributed by atoms with Gasteiger partial charge in [-0.25, -0.2) is 9.97 Å². The van der Waals surface area contributed by atoms with Crippen molar-refractivity contribution in [2.45, 2.75) is 0 Å². The predicted molar refractivity (Wildman–Crippen MR) is 312 cm³/mol. The molecule has 74 heavy (non-hydrogen) atoms. The number of nitrogens with zero attached hydrogens (tertiary/aromatic N) is 4. The molecule has 0 spiro atoms. The number of hydrogen-bond acceptors (Lipinski definition) is 5. The molecule has 344 valence electrons. The molecule has 0 unspecified atom stereocenters. The van der Waals surface area contributed by atoms with Crippen molar-refractivity contribution < 1.29 is 4.42 Å². The van der Waals surface area contributed by atoms with Crippen LogP contribution in [0.4, 0.5) is 17.1 Å². The number of thiophene rings is 1. The maximum atomic E-state index is 6.69. The molecule has 12 aromatic carbocycles.